The van der Waals surface area contributed by atoms with E-state index >= 15 is 0 Å². The molecule has 1 aromatic carbocycles. The van der Waals surface area contributed by atoms with Crippen LogP contribution in [-0.2, 0) is 0 Å². The molecule has 2 rings (SSSR count). The van der Waals surface area contributed by atoms with Gasteiger partial charge in [0.15, 0.2) is 5.82 Å². The van der Waals surface area contributed by atoms with E-state index in [9.17, 15) is 4.39 Å². The zero-order chi connectivity index (χ0) is 12.7. The molecule has 4 nitrogen and oxygen atoms in total. The topological polar surface area (TPSA) is 58.3 Å². The molecule has 0 amide bonds. The fourth-order valence-electron chi connectivity index (χ4n) is 2.09. The van der Waals surface area contributed by atoms with Gasteiger partial charge >= 0.3 is 7.12 Å². The van der Waals surface area contributed by atoms with Crippen LogP contribution in [-0.4, -0.2) is 26.7 Å². The molecule has 0 unspecified atom stereocenters. The van der Waals surface area contributed by atoms with E-state index in [0.717, 1.165) is 6.07 Å². The number of hydrogen-bond donors (Lipinski definition) is 2. The van der Waals surface area contributed by atoms with Crippen molar-refractivity contribution >= 4 is 23.6 Å². The summed E-state index contributed by atoms with van der Waals surface area (Å²) in [5.74, 6) is 0.173. The molecule has 2 aromatic rings. The van der Waals surface area contributed by atoms with Crippen molar-refractivity contribution in [2.75, 3.05) is 0 Å². The molecule has 6 heteroatoms. The largest absolute Gasteiger partial charge is 0.488 e. The molecule has 0 aliphatic rings. The summed E-state index contributed by atoms with van der Waals surface area (Å²) in [6.07, 6.45) is 0. The Kier molecular flexibility index (Phi) is 2.93. The molecule has 0 spiro atoms. The van der Waals surface area contributed by atoms with Gasteiger partial charge < -0.3 is 14.6 Å². The average Bonchev–Trinajstić information content (AvgIpc) is 2.54. The highest BCUT2D eigenvalue weighted by molar-refractivity contribution is 6.58. The van der Waals surface area contributed by atoms with Gasteiger partial charge in [0.1, 0.15) is 11.3 Å². The summed E-state index contributed by atoms with van der Waals surface area (Å²) in [6.45, 7) is 5.73. The van der Waals surface area contributed by atoms with Crippen LogP contribution in [0, 0.1) is 12.7 Å². The van der Waals surface area contributed by atoms with Gasteiger partial charge in [0.25, 0.3) is 0 Å². The normalized spacial score (nSPS) is 11.5. The molecule has 90 valence electrons. The fourth-order valence-corrected chi connectivity index (χ4v) is 2.09. The van der Waals surface area contributed by atoms with Crippen molar-refractivity contribution in [3.63, 3.8) is 0 Å². The summed E-state index contributed by atoms with van der Waals surface area (Å²) in [5.41, 5.74) is 0.984. The third-order valence-corrected chi connectivity index (χ3v) is 2.76. The van der Waals surface area contributed by atoms with Gasteiger partial charge in [-0.2, -0.15) is 0 Å². The molecule has 0 aliphatic carbocycles. The number of benzene rings is 1. The van der Waals surface area contributed by atoms with E-state index in [1.165, 1.54) is 0 Å². The monoisotopic (exact) mass is 236 g/mol. The minimum Gasteiger partial charge on any atom is -0.423 e. The van der Waals surface area contributed by atoms with E-state index in [0.29, 0.717) is 11.3 Å². The van der Waals surface area contributed by atoms with Crippen molar-refractivity contribution in [1.82, 2.24) is 9.55 Å². The molecule has 0 bridgehead atoms. The highest BCUT2D eigenvalue weighted by atomic mass is 19.1. The van der Waals surface area contributed by atoms with Crippen molar-refractivity contribution in [3.8, 4) is 0 Å². The molecule has 17 heavy (non-hydrogen) atoms. The Morgan fingerprint density at radius 1 is 1.35 bits per heavy atom. The predicted molar refractivity (Wildman–Crippen MR) is 64.6 cm³/mol. The molecule has 1 aromatic heterocycles. The van der Waals surface area contributed by atoms with Gasteiger partial charge in [0.2, 0.25) is 0 Å². The van der Waals surface area contributed by atoms with Crippen LogP contribution in [0.3, 0.4) is 0 Å². The lowest BCUT2D eigenvalue weighted by molar-refractivity contribution is 0.425. The smallest absolute Gasteiger partial charge is 0.423 e. The number of hydrogen-bond acceptors (Lipinski definition) is 3. The van der Waals surface area contributed by atoms with E-state index < -0.39 is 12.9 Å². The second kappa shape index (κ2) is 4.12. The number of aryl methyl sites for hydroxylation is 1. The van der Waals surface area contributed by atoms with Gasteiger partial charge in [-0.25, -0.2) is 9.37 Å². The Balaban J connectivity index is 2.79. The third-order valence-electron chi connectivity index (χ3n) is 2.76. The lowest BCUT2D eigenvalue weighted by Crippen LogP contribution is -2.30. The zero-order valence-electron chi connectivity index (χ0n) is 9.98. The van der Waals surface area contributed by atoms with E-state index in [1.54, 1.807) is 13.0 Å². The van der Waals surface area contributed by atoms with Gasteiger partial charge in [-0.15, -0.1) is 0 Å². The second-order valence-electron chi connectivity index (χ2n) is 4.37. The summed E-state index contributed by atoms with van der Waals surface area (Å²) in [7, 11) is -1.68. The lowest BCUT2D eigenvalue weighted by Gasteiger charge is -2.11. The molecule has 0 saturated carbocycles. The molecule has 1 heterocycles. The predicted octanol–water partition coefficient (Wildman–Crippen LogP) is 0.745. The minimum atomic E-state index is -1.68. The van der Waals surface area contributed by atoms with Crippen molar-refractivity contribution < 1.29 is 14.4 Å². The van der Waals surface area contributed by atoms with Crippen LogP contribution >= 0.6 is 0 Å². The standard InChI is InChI=1S/C11H14BFN2O2/c1-6(2)15-7(3)14-11-9(13)4-8(12(16)17)5-10(11)15/h4-6,16-17H,1-3H3. The number of aromatic nitrogens is 2. The van der Waals surface area contributed by atoms with Gasteiger partial charge in [-0.05, 0) is 38.4 Å². The van der Waals surface area contributed by atoms with Crippen LogP contribution < -0.4 is 5.46 Å². The van der Waals surface area contributed by atoms with E-state index in [1.807, 2.05) is 18.4 Å². The summed E-state index contributed by atoms with van der Waals surface area (Å²) in [6, 6.07) is 2.79. The summed E-state index contributed by atoms with van der Waals surface area (Å²) >= 11 is 0. The lowest BCUT2D eigenvalue weighted by atomic mass is 9.80. The van der Waals surface area contributed by atoms with Crippen LogP contribution in [0.25, 0.3) is 11.0 Å². The first-order valence-corrected chi connectivity index (χ1v) is 5.46. The zero-order valence-corrected chi connectivity index (χ0v) is 9.98. The maximum atomic E-state index is 13.8. The molecular formula is C11H14BFN2O2. The number of nitrogens with zero attached hydrogens (tertiary/aromatic N) is 2. The first kappa shape index (κ1) is 12.1. The first-order chi connectivity index (χ1) is 7.91. The highest BCUT2D eigenvalue weighted by Gasteiger charge is 2.19. The molecule has 0 aliphatic heterocycles. The Bertz CT molecular complexity index is 566. The van der Waals surface area contributed by atoms with Crippen LogP contribution in [0.15, 0.2) is 12.1 Å². The van der Waals surface area contributed by atoms with Gasteiger partial charge in [-0.3, -0.25) is 0 Å². The summed E-state index contributed by atoms with van der Waals surface area (Å²) < 4.78 is 15.6. The SMILES string of the molecule is Cc1nc2c(F)cc(B(O)O)cc2n1C(C)C. The van der Waals surface area contributed by atoms with Crippen molar-refractivity contribution in [3.05, 3.63) is 23.8 Å². The van der Waals surface area contributed by atoms with Crippen molar-refractivity contribution in [1.29, 1.82) is 0 Å². The Hall–Kier alpha value is -1.40. The van der Waals surface area contributed by atoms with Gasteiger partial charge in [0.05, 0.1) is 5.52 Å². The number of imidazole rings is 1. The number of halogens is 1. The second-order valence-corrected chi connectivity index (χ2v) is 4.37. The average molecular weight is 236 g/mol. The summed E-state index contributed by atoms with van der Waals surface area (Å²) in [5, 5.41) is 18.2. The van der Waals surface area contributed by atoms with E-state index in [4.69, 9.17) is 10.0 Å². The molecule has 2 N–H and O–H groups in total. The van der Waals surface area contributed by atoms with Crippen LogP contribution in [0.2, 0.25) is 0 Å². The van der Waals surface area contributed by atoms with E-state index in [2.05, 4.69) is 4.98 Å². The van der Waals surface area contributed by atoms with Gasteiger partial charge in [0, 0.05) is 6.04 Å². The summed E-state index contributed by atoms with van der Waals surface area (Å²) in [4.78, 5) is 4.16. The van der Waals surface area contributed by atoms with Crippen molar-refractivity contribution in [2.45, 2.75) is 26.8 Å². The Morgan fingerprint density at radius 3 is 2.53 bits per heavy atom. The van der Waals surface area contributed by atoms with Crippen molar-refractivity contribution in [2.24, 2.45) is 0 Å². The Labute approximate surface area is 98.9 Å². The van der Waals surface area contributed by atoms with E-state index in [-0.39, 0.29) is 17.0 Å². The fraction of sp³-hybridized carbons (Fsp3) is 0.364. The number of rotatable bonds is 2. The molecular weight excluding hydrogens is 222 g/mol. The maximum Gasteiger partial charge on any atom is 0.488 e. The highest BCUT2D eigenvalue weighted by Crippen LogP contribution is 2.21. The molecule has 0 saturated heterocycles. The van der Waals surface area contributed by atoms with Gasteiger partial charge in [-0.1, -0.05) is 0 Å². The quantitative estimate of drug-likeness (QED) is 0.756. The maximum absolute atomic E-state index is 13.8. The first-order valence-electron chi connectivity index (χ1n) is 5.46. The molecule has 0 fully saturated rings. The van der Waals surface area contributed by atoms with Crippen LogP contribution in [0.5, 0.6) is 0 Å². The van der Waals surface area contributed by atoms with Crippen LogP contribution in [0.4, 0.5) is 4.39 Å². The minimum absolute atomic E-state index is 0.130. The third kappa shape index (κ3) is 1.94. The number of fused-ring (bicyclic) bond motifs is 1. The Morgan fingerprint density at radius 2 is 2.00 bits per heavy atom. The molecule has 0 atom stereocenters. The molecule has 0 radical (unpaired) electrons. The van der Waals surface area contributed by atoms with Crippen LogP contribution in [0.1, 0.15) is 25.7 Å².